The number of hydrogen-bond donors (Lipinski definition) is 1. The molecule has 1 aromatic carbocycles. The number of pyridine rings is 1. The molecule has 0 saturated heterocycles. The largest absolute Gasteiger partial charge is 0.505 e. The lowest BCUT2D eigenvalue weighted by atomic mass is 10.2. The molecule has 0 aliphatic heterocycles. The lowest BCUT2D eigenvalue weighted by Crippen LogP contribution is -2.05. The van der Waals surface area contributed by atoms with Gasteiger partial charge in [0.2, 0.25) is 0 Å². The van der Waals surface area contributed by atoms with Crippen LogP contribution >= 0.6 is 11.6 Å². The van der Waals surface area contributed by atoms with Gasteiger partial charge in [0.25, 0.3) is 0 Å². The fourth-order valence-corrected chi connectivity index (χ4v) is 2.14. The molecule has 106 valence electrons. The number of methoxy groups -OCH3 is 1. The Bertz CT molecular complexity index is 827. The van der Waals surface area contributed by atoms with E-state index >= 15 is 0 Å². The molecule has 1 N–H and O–H groups in total. The Hall–Kier alpha value is -2.60. The molecular formula is C14H10ClN3O3. The highest BCUT2D eigenvalue weighted by atomic mass is 35.5. The van der Waals surface area contributed by atoms with Crippen LogP contribution in [-0.4, -0.2) is 33.0 Å². The van der Waals surface area contributed by atoms with Crippen LogP contribution in [0, 0.1) is 0 Å². The molecule has 2 heterocycles. The molecule has 3 aromatic rings. The maximum absolute atomic E-state index is 11.5. The van der Waals surface area contributed by atoms with Crippen molar-refractivity contribution in [3.63, 3.8) is 0 Å². The summed E-state index contributed by atoms with van der Waals surface area (Å²) in [5.41, 5.74) is 1.20. The van der Waals surface area contributed by atoms with Gasteiger partial charge in [0.15, 0.2) is 11.4 Å². The third-order valence-corrected chi connectivity index (χ3v) is 3.30. The number of esters is 1. The van der Waals surface area contributed by atoms with Crippen molar-refractivity contribution in [2.45, 2.75) is 0 Å². The van der Waals surface area contributed by atoms with Crippen LogP contribution in [0.1, 0.15) is 10.5 Å². The van der Waals surface area contributed by atoms with Crippen LogP contribution in [0.5, 0.6) is 5.75 Å². The molecule has 0 unspecified atom stereocenters. The molecular weight excluding hydrogens is 294 g/mol. The first-order valence-corrected chi connectivity index (χ1v) is 6.39. The predicted molar refractivity (Wildman–Crippen MR) is 76.9 cm³/mol. The van der Waals surface area contributed by atoms with E-state index in [0.717, 1.165) is 5.69 Å². The second-order valence-corrected chi connectivity index (χ2v) is 4.72. The fourth-order valence-electron chi connectivity index (χ4n) is 2.01. The van der Waals surface area contributed by atoms with E-state index < -0.39 is 5.97 Å². The summed E-state index contributed by atoms with van der Waals surface area (Å²) in [7, 11) is 1.23. The maximum Gasteiger partial charge on any atom is 0.360 e. The zero-order valence-electron chi connectivity index (χ0n) is 10.9. The van der Waals surface area contributed by atoms with E-state index in [-0.39, 0.29) is 11.4 Å². The van der Waals surface area contributed by atoms with Gasteiger partial charge in [-0.05, 0) is 24.3 Å². The van der Waals surface area contributed by atoms with Crippen molar-refractivity contribution in [2.24, 2.45) is 0 Å². The molecule has 2 aromatic heterocycles. The predicted octanol–water partition coefficient (Wildman–Crippen LogP) is 2.57. The quantitative estimate of drug-likeness (QED) is 0.736. The molecule has 0 spiro atoms. The Morgan fingerprint density at radius 2 is 2.00 bits per heavy atom. The zero-order chi connectivity index (χ0) is 15.0. The van der Waals surface area contributed by atoms with E-state index in [9.17, 15) is 9.90 Å². The topological polar surface area (TPSA) is 77.2 Å². The van der Waals surface area contributed by atoms with Gasteiger partial charge in [-0.2, -0.15) is 5.10 Å². The van der Waals surface area contributed by atoms with Crippen LogP contribution in [0.25, 0.3) is 16.6 Å². The molecule has 0 atom stereocenters. The first-order valence-electron chi connectivity index (χ1n) is 6.02. The number of halogens is 1. The van der Waals surface area contributed by atoms with E-state index in [1.807, 2.05) is 0 Å². The van der Waals surface area contributed by atoms with Crippen molar-refractivity contribution in [3.8, 4) is 11.4 Å². The summed E-state index contributed by atoms with van der Waals surface area (Å²) in [6, 6.07) is 7.06. The number of nitrogens with zero attached hydrogens (tertiary/aromatic N) is 3. The van der Waals surface area contributed by atoms with E-state index in [0.29, 0.717) is 15.9 Å². The van der Waals surface area contributed by atoms with E-state index in [1.54, 1.807) is 28.9 Å². The second kappa shape index (κ2) is 5.06. The van der Waals surface area contributed by atoms with Gasteiger partial charge in [0, 0.05) is 5.02 Å². The summed E-state index contributed by atoms with van der Waals surface area (Å²) in [5.74, 6) is -0.951. The number of benzene rings is 1. The zero-order valence-corrected chi connectivity index (χ0v) is 11.7. The molecule has 3 rings (SSSR count). The van der Waals surface area contributed by atoms with Crippen molar-refractivity contribution < 1.29 is 14.6 Å². The van der Waals surface area contributed by atoms with Gasteiger partial charge >= 0.3 is 5.97 Å². The Balaban J connectivity index is 2.18. The Morgan fingerprint density at radius 3 is 2.67 bits per heavy atom. The summed E-state index contributed by atoms with van der Waals surface area (Å²) in [6.07, 6.45) is 2.93. The number of rotatable bonds is 2. The standard InChI is InChI=1S/C14H10ClN3O3/c1-21-14(20)12-13(19)10-6-17-18(11(10)7-16-12)9-4-2-8(15)3-5-9/h2-7,19H,1H3. The summed E-state index contributed by atoms with van der Waals surface area (Å²) in [4.78, 5) is 15.4. The first-order chi connectivity index (χ1) is 10.1. The minimum Gasteiger partial charge on any atom is -0.505 e. The van der Waals surface area contributed by atoms with E-state index in [1.165, 1.54) is 19.5 Å². The van der Waals surface area contributed by atoms with E-state index in [4.69, 9.17) is 11.6 Å². The number of hydrogen-bond acceptors (Lipinski definition) is 5. The van der Waals surface area contributed by atoms with Crippen LogP contribution in [-0.2, 0) is 4.74 Å². The fraction of sp³-hybridized carbons (Fsp3) is 0.0714. The third-order valence-electron chi connectivity index (χ3n) is 3.05. The molecule has 21 heavy (non-hydrogen) atoms. The van der Waals surface area contributed by atoms with Gasteiger partial charge in [-0.15, -0.1) is 0 Å². The smallest absolute Gasteiger partial charge is 0.360 e. The molecule has 0 fully saturated rings. The van der Waals surface area contributed by atoms with Crippen molar-refractivity contribution in [2.75, 3.05) is 7.11 Å². The van der Waals surface area contributed by atoms with Crippen LogP contribution in [0.15, 0.2) is 36.7 Å². The van der Waals surface area contributed by atoms with Crippen LogP contribution in [0.4, 0.5) is 0 Å². The number of aromatic hydroxyl groups is 1. The van der Waals surface area contributed by atoms with Crippen molar-refractivity contribution in [1.29, 1.82) is 0 Å². The second-order valence-electron chi connectivity index (χ2n) is 4.28. The summed E-state index contributed by atoms with van der Waals surface area (Å²) in [5, 5.41) is 15.4. The summed E-state index contributed by atoms with van der Waals surface area (Å²) in [6.45, 7) is 0. The average molecular weight is 304 g/mol. The van der Waals surface area contributed by atoms with Gasteiger partial charge in [0.1, 0.15) is 0 Å². The molecule has 7 heteroatoms. The highest BCUT2D eigenvalue weighted by Gasteiger charge is 2.18. The molecule has 0 amide bonds. The Kier molecular flexibility index (Phi) is 3.23. The number of fused-ring (bicyclic) bond motifs is 1. The third kappa shape index (κ3) is 2.19. The minimum absolute atomic E-state index is 0.138. The number of ether oxygens (including phenoxy) is 1. The molecule has 6 nitrogen and oxygen atoms in total. The van der Waals surface area contributed by atoms with Crippen LogP contribution in [0.2, 0.25) is 5.02 Å². The van der Waals surface area contributed by atoms with E-state index in [2.05, 4.69) is 14.8 Å². The van der Waals surface area contributed by atoms with Crippen molar-refractivity contribution >= 4 is 28.5 Å². The van der Waals surface area contributed by atoms with Gasteiger partial charge in [-0.3, -0.25) is 0 Å². The first kappa shape index (κ1) is 13.4. The molecule has 0 bridgehead atoms. The normalized spacial score (nSPS) is 10.8. The minimum atomic E-state index is -0.700. The SMILES string of the molecule is COC(=O)c1ncc2c(cnn2-c2ccc(Cl)cc2)c1O. The monoisotopic (exact) mass is 303 g/mol. The summed E-state index contributed by atoms with van der Waals surface area (Å²) < 4.78 is 6.16. The highest BCUT2D eigenvalue weighted by molar-refractivity contribution is 6.30. The summed E-state index contributed by atoms with van der Waals surface area (Å²) >= 11 is 5.85. The van der Waals surface area contributed by atoms with Gasteiger partial charge < -0.3 is 9.84 Å². The lowest BCUT2D eigenvalue weighted by Gasteiger charge is -2.05. The lowest BCUT2D eigenvalue weighted by molar-refractivity contribution is 0.0591. The molecule has 0 aliphatic rings. The number of aromatic nitrogens is 3. The Morgan fingerprint density at radius 1 is 1.29 bits per heavy atom. The molecule has 0 radical (unpaired) electrons. The van der Waals surface area contributed by atoms with Gasteiger partial charge in [-0.25, -0.2) is 14.5 Å². The number of carbonyl (C=O) groups is 1. The molecule has 0 aliphatic carbocycles. The highest BCUT2D eigenvalue weighted by Crippen LogP contribution is 2.28. The van der Waals surface area contributed by atoms with Crippen molar-refractivity contribution in [3.05, 3.63) is 47.4 Å². The molecule has 0 saturated carbocycles. The van der Waals surface area contributed by atoms with Crippen LogP contribution < -0.4 is 0 Å². The number of carbonyl (C=O) groups excluding carboxylic acids is 1. The Labute approximate surface area is 124 Å². The van der Waals surface area contributed by atoms with Crippen molar-refractivity contribution in [1.82, 2.24) is 14.8 Å². The van der Waals surface area contributed by atoms with Gasteiger partial charge in [-0.1, -0.05) is 11.6 Å². The van der Waals surface area contributed by atoms with Gasteiger partial charge in [0.05, 0.1) is 36.1 Å². The van der Waals surface area contributed by atoms with Crippen LogP contribution in [0.3, 0.4) is 0 Å². The maximum atomic E-state index is 11.5. The average Bonchev–Trinajstić information content (AvgIpc) is 2.92.